The Balaban J connectivity index is 1.63. The molecule has 0 radical (unpaired) electrons. The van der Waals surface area contributed by atoms with Crippen molar-refractivity contribution in [3.8, 4) is 22.9 Å². The number of rotatable bonds is 8. The highest BCUT2D eigenvalue weighted by molar-refractivity contribution is 7.99. The van der Waals surface area contributed by atoms with E-state index in [0.29, 0.717) is 22.5 Å². The molecule has 0 spiro atoms. The number of carbonyl (C=O) groups is 1. The molecular weight excluding hydrogens is 416 g/mol. The summed E-state index contributed by atoms with van der Waals surface area (Å²) in [6.45, 7) is 1.75. The predicted octanol–water partition coefficient (Wildman–Crippen LogP) is 4.40. The maximum atomic E-state index is 10.7. The van der Waals surface area contributed by atoms with Crippen LogP contribution >= 0.6 is 11.8 Å². The maximum absolute atomic E-state index is 10.7. The van der Waals surface area contributed by atoms with Crippen LogP contribution in [0.5, 0.6) is 11.6 Å². The van der Waals surface area contributed by atoms with Gasteiger partial charge in [-0.25, -0.2) is 4.79 Å². The number of hydrogen-bond acceptors (Lipinski definition) is 8. The number of nitrogens with one attached hydrogen (secondary N) is 1. The summed E-state index contributed by atoms with van der Waals surface area (Å²) in [7, 11) is 0. The largest absolute Gasteiger partial charge is 0.482 e. The Hall–Kier alpha value is -3.33. The van der Waals surface area contributed by atoms with Crippen molar-refractivity contribution in [2.24, 2.45) is 0 Å². The lowest BCUT2D eigenvalue weighted by molar-refractivity contribution is -0.139. The van der Waals surface area contributed by atoms with E-state index in [2.05, 4.69) is 27.4 Å². The summed E-state index contributed by atoms with van der Waals surface area (Å²) >= 11 is 1.56. The summed E-state index contributed by atoms with van der Waals surface area (Å²) in [6.07, 6.45) is 1.67. The number of ether oxygens (including phenoxy) is 2. The minimum atomic E-state index is -1.02. The molecule has 3 aromatic rings. The van der Waals surface area contributed by atoms with Gasteiger partial charge in [-0.2, -0.15) is 4.98 Å². The summed E-state index contributed by atoms with van der Waals surface area (Å²) in [5.41, 5.74) is 3.16. The summed E-state index contributed by atoms with van der Waals surface area (Å²) in [5, 5.41) is 21.4. The summed E-state index contributed by atoms with van der Waals surface area (Å²) in [6, 6.07) is 14.9. The van der Waals surface area contributed by atoms with Crippen LogP contribution in [0.1, 0.15) is 31.6 Å². The van der Waals surface area contributed by atoms with Crippen molar-refractivity contribution in [3.05, 3.63) is 54.1 Å². The average molecular weight is 439 g/mol. The number of hydrogen-bond donors (Lipinski definition) is 2. The summed E-state index contributed by atoms with van der Waals surface area (Å²) in [4.78, 5) is 15.3. The highest BCUT2D eigenvalue weighted by Crippen LogP contribution is 2.39. The summed E-state index contributed by atoms with van der Waals surface area (Å²) in [5.74, 6) is 0.792. The van der Waals surface area contributed by atoms with Crippen molar-refractivity contribution in [2.75, 3.05) is 17.7 Å². The Morgan fingerprint density at radius 3 is 2.77 bits per heavy atom. The van der Waals surface area contributed by atoms with Crippen LogP contribution in [0.3, 0.4) is 0 Å². The first-order valence-corrected chi connectivity index (χ1v) is 11.0. The Morgan fingerprint density at radius 1 is 1.19 bits per heavy atom. The summed E-state index contributed by atoms with van der Waals surface area (Å²) < 4.78 is 11.5. The van der Waals surface area contributed by atoms with Crippen LogP contribution in [0, 0.1) is 0 Å². The Kier molecular flexibility index (Phi) is 6.51. The van der Waals surface area contributed by atoms with E-state index in [1.54, 1.807) is 23.9 Å². The van der Waals surface area contributed by atoms with Crippen molar-refractivity contribution in [2.45, 2.75) is 31.1 Å². The van der Waals surface area contributed by atoms with Gasteiger partial charge in [-0.3, -0.25) is 0 Å². The van der Waals surface area contributed by atoms with E-state index in [0.717, 1.165) is 35.4 Å². The van der Waals surface area contributed by atoms with Crippen molar-refractivity contribution < 1.29 is 19.4 Å². The van der Waals surface area contributed by atoms with Crippen LogP contribution in [-0.2, 0) is 4.79 Å². The molecule has 0 saturated heterocycles. The molecule has 2 heterocycles. The minimum Gasteiger partial charge on any atom is -0.482 e. The third-order valence-corrected chi connectivity index (χ3v) is 5.53. The van der Waals surface area contributed by atoms with Gasteiger partial charge in [-0.15, -0.1) is 10.2 Å². The molecule has 1 aliphatic heterocycles. The molecule has 2 aromatic carbocycles. The lowest BCUT2D eigenvalue weighted by Gasteiger charge is -2.19. The molecule has 1 atom stereocenters. The number of benzene rings is 2. The number of nitrogens with zero attached hydrogens (tertiary/aromatic N) is 3. The smallest absolute Gasteiger partial charge is 0.341 e. The molecule has 1 aromatic heterocycles. The normalized spacial score (nSPS) is 14.4. The molecule has 4 rings (SSSR count). The first-order chi connectivity index (χ1) is 15.1. The number of aliphatic carboxylic acids is 1. The van der Waals surface area contributed by atoms with Crippen LogP contribution in [0.25, 0.3) is 11.3 Å². The molecule has 1 unspecified atom stereocenters. The second-order valence-corrected chi connectivity index (χ2v) is 7.95. The van der Waals surface area contributed by atoms with Gasteiger partial charge in [0.25, 0.3) is 0 Å². The fourth-order valence-electron chi connectivity index (χ4n) is 3.05. The van der Waals surface area contributed by atoms with Crippen LogP contribution < -0.4 is 14.8 Å². The van der Waals surface area contributed by atoms with Gasteiger partial charge in [0.05, 0.1) is 0 Å². The topological polar surface area (TPSA) is 106 Å². The van der Waals surface area contributed by atoms with E-state index in [-0.39, 0.29) is 6.61 Å². The average Bonchev–Trinajstić information content (AvgIpc) is 2.95. The van der Waals surface area contributed by atoms with Crippen molar-refractivity contribution in [3.63, 3.8) is 0 Å². The lowest BCUT2D eigenvalue weighted by atomic mass is 10.1. The highest BCUT2D eigenvalue weighted by atomic mass is 32.2. The molecule has 2 N–H and O–H groups in total. The van der Waals surface area contributed by atoms with E-state index < -0.39 is 12.2 Å². The van der Waals surface area contributed by atoms with Gasteiger partial charge >= 0.3 is 5.97 Å². The van der Waals surface area contributed by atoms with Gasteiger partial charge in [-0.05, 0) is 36.8 Å². The molecule has 0 aliphatic carbocycles. The maximum Gasteiger partial charge on any atom is 0.341 e. The number of para-hydroxylation sites is 1. The second kappa shape index (κ2) is 9.65. The zero-order valence-corrected chi connectivity index (χ0v) is 17.8. The molecule has 160 valence electrons. The van der Waals surface area contributed by atoms with Crippen molar-refractivity contribution >= 4 is 23.4 Å². The predicted molar refractivity (Wildman–Crippen MR) is 117 cm³/mol. The van der Waals surface area contributed by atoms with Gasteiger partial charge in [-0.1, -0.05) is 43.3 Å². The van der Waals surface area contributed by atoms with Gasteiger partial charge in [0, 0.05) is 22.6 Å². The number of thioether (sulfide) groups is 1. The fraction of sp³-hybridized carbons (Fsp3) is 0.273. The number of unbranched alkanes of at least 4 members (excludes halogenated alkanes) is 1. The Labute approximate surface area is 184 Å². The quantitative estimate of drug-likeness (QED) is 0.391. The first kappa shape index (κ1) is 20.9. The molecule has 9 heteroatoms. The molecule has 0 bridgehead atoms. The second-order valence-electron chi connectivity index (χ2n) is 6.89. The van der Waals surface area contributed by atoms with Gasteiger partial charge in [0.15, 0.2) is 18.5 Å². The Morgan fingerprint density at radius 2 is 2.00 bits per heavy atom. The van der Waals surface area contributed by atoms with Crippen molar-refractivity contribution in [1.29, 1.82) is 0 Å². The molecular formula is C22H22N4O4S. The zero-order valence-electron chi connectivity index (χ0n) is 16.9. The SMILES string of the molecule is CCCCSc1nnc2c(n1)OC(c1ccc(OCC(=O)O)cc1)Nc1ccccc1-2. The Bertz CT molecular complexity index is 1060. The number of anilines is 1. The molecule has 31 heavy (non-hydrogen) atoms. The zero-order chi connectivity index (χ0) is 21.6. The molecule has 0 fully saturated rings. The lowest BCUT2D eigenvalue weighted by Crippen LogP contribution is -2.17. The monoisotopic (exact) mass is 438 g/mol. The molecule has 8 nitrogen and oxygen atoms in total. The van der Waals surface area contributed by atoms with Gasteiger partial charge in [0.1, 0.15) is 5.75 Å². The number of aromatic nitrogens is 3. The van der Waals surface area contributed by atoms with Crippen LogP contribution in [0.2, 0.25) is 0 Å². The molecule has 1 aliphatic rings. The van der Waals surface area contributed by atoms with Gasteiger partial charge in [0.2, 0.25) is 11.0 Å². The van der Waals surface area contributed by atoms with E-state index in [1.807, 2.05) is 36.4 Å². The number of carboxylic acids is 1. The van der Waals surface area contributed by atoms with Crippen molar-refractivity contribution in [1.82, 2.24) is 15.2 Å². The molecule has 0 amide bonds. The van der Waals surface area contributed by atoms with E-state index in [4.69, 9.17) is 14.6 Å². The highest BCUT2D eigenvalue weighted by Gasteiger charge is 2.26. The number of carboxylic acid groups (broad SMARTS) is 1. The minimum absolute atomic E-state index is 0.390. The standard InChI is InChI=1S/C22H22N4O4S/c1-2-3-12-31-22-24-21-19(25-26-22)16-6-4-5-7-17(16)23-20(30-21)14-8-10-15(11-9-14)29-13-18(27)28/h4-11,20,23H,2-3,12-13H2,1H3,(H,27,28). The van der Waals surface area contributed by atoms with Crippen LogP contribution in [0.4, 0.5) is 5.69 Å². The van der Waals surface area contributed by atoms with E-state index in [1.165, 1.54) is 0 Å². The van der Waals surface area contributed by atoms with E-state index >= 15 is 0 Å². The fourth-order valence-corrected chi connectivity index (χ4v) is 3.91. The first-order valence-electron chi connectivity index (χ1n) is 9.98. The van der Waals surface area contributed by atoms with E-state index in [9.17, 15) is 4.79 Å². The van der Waals surface area contributed by atoms with Crippen LogP contribution in [-0.4, -0.2) is 38.6 Å². The van der Waals surface area contributed by atoms with Gasteiger partial charge < -0.3 is 19.9 Å². The third kappa shape index (κ3) is 5.05. The third-order valence-electron chi connectivity index (χ3n) is 4.61. The van der Waals surface area contributed by atoms with Crippen LogP contribution in [0.15, 0.2) is 53.7 Å². The number of fused-ring (bicyclic) bond motifs is 3. The molecule has 0 saturated carbocycles.